The van der Waals surface area contributed by atoms with E-state index in [1.54, 1.807) is 11.8 Å². The zero-order valence-electron chi connectivity index (χ0n) is 9.77. The van der Waals surface area contributed by atoms with E-state index in [-0.39, 0.29) is 6.10 Å². The van der Waals surface area contributed by atoms with Gasteiger partial charge in [-0.15, -0.1) is 0 Å². The highest BCUT2D eigenvalue weighted by Crippen LogP contribution is 2.34. The highest BCUT2D eigenvalue weighted by Gasteiger charge is 2.29. The maximum absolute atomic E-state index is 9.91. The molecule has 2 nitrogen and oxygen atoms in total. The Bertz CT molecular complexity index is 221. The van der Waals surface area contributed by atoms with Crippen molar-refractivity contribution in [2.75, 3.05) is 14.1 Å². The van der Waals surface area contributed by atoms with Gasteiger partial charge < -0.3 is 10.0 Å². The predicted molar refractivity (Wildman–Crippen MR) is 71.3 cm³/mol. The highest BCUT2D eigenvalue weighted by molar-refractivity contribution is 8.23. The Morgan fingerprint density at radius 2 is 2.13 bits per heavy atom. The first kappa shape index (κ1) is 13.3. The van der Waals surface area contributed by atoms with E-state index in [0.717, 1.165) is 23.1 Å². The molecular formula is C11H21NOS2. The van der Waals surface area contributed by atoms with Crippen LogP contribution in [0.1, 0.15) is 32.6 Å². The maximum atomic E-state index is 9.91. The molecule has 0 unspecified atom stereocenters. The minimum absolute atomic E-state index is 0.171. The van der Waals surface area contributed by atoms with Crippen LogP contribution in [-0.4, -0.2) is 39.8 Å². The van der Waals surface area contributed by atoms with Gasteiger partial charge in [-0.2, -0.15) is 0 Å². The van der Waals surface area contributed by atoms with Gasteiger partial charge in [0, 0.05) is 19.3 Å². The summed E-state index contributed by atoms with van der Waals surface area (Å²) in [5.41, 5.74) is 0. The predicted octanol–water partition coefficient (Wildman–Crippen LogP) is 2.51. The highest BCUT2D eigenvalue weighted by atomic mass is 32.2. The molecule has 0 spiro atoms. The van der Waals surface area contributed by atoms with Crippen molar-refractivity contribution in [3.63, 3.8) is 0 Å². The van der Waals surface area contributed by atoms with E-state index in [1.807, 2.05) is 19.0 Å². The molecule has 4 heteroatoms. The molecule has 1 aliphatic carbocycles. The van der Waals surface area contributed by atoms with Crippen molar-refractivity contribution in [2.45, 2.75) is 44.0 Å². The van der Waals surface area contributed by atoms with Gasteiger partial charge in [-0.3, -0.25) is 0 Å². The normalized spacial score (nSPS) is 31.3. The molecule has 0 aromatic heterocycles. The fourth-order valence-corrected chi connectivity index (χ4v) is 3.43. The molecule has 1 fully saturated rings. The minimum atomic E-state index is -0.171. The second-order valence-electron chi connectivity index (χ2n) is 4.47. The lowest BCUT2D eigenvalue weighted by Crippen LogP contribution is -2.33. The van der Waals surface area contributed by atoms with Gasteiger partial charge in [0.05, 0.1) is 6.10 Å². The molecule has 0 amide bonds. The van der Waals surface area contributed by atoms with E-state index in [1.165, 1.54) is 12.8 Å². The number of hydrogen-bond acceptors (Lipinski definition) is 3. The maximum Gasteiger partial charge on any atom is 0.136 e. The summed E-state index contributed by atoms with van der Waals surface area (Å²) in [6.07, 6.45) is 4.26. The quantitative estimate of drug-likeness (QED) is 0.758. The van der Waals surface area contributed by atoms with Crippen LogP contribution < -0.4 is 0 Å². The molecule has 0 heterocycles. The van der Waals surface area contributed by atoms with Crippen LogP contribution in [0.3, 0.4) is 0 Å². The summed E-state index contributed by atoms with van der Waals surface area (Å²) in [4.78, 5) is 1.95. The average molecular weight is 247 g/mol. The largest absolute Gasteiger partial charge is 0.392 e. The molecule has 1 saturated carbocycles. The van der Waals surface area contributed by atoms with Gasteiger partial charge in [0.15, 0.2) is 0 Å². The van der Waals surface area contributed by atoms with Crippen molar-refractivity contribution >= 4 is 28.3 Å². The van der Waals surface area contributed by atoms with Gasteiger partial charge in [-0.25, -0.2) is 0 Å². The zero-order valence-corrected chi connectivity index (χ0v) is 11.4. The molecule has 88 valence electrons. The van der Waals surface area contributed by atoms with Crippen LogP contribution in [0, 0.1) is 5.92 Å². The third-order valence-corrected chi connectivity index (χ3v) is 5.09. The van der Waals surface area contributed by atoms with E-state index in [9.17, 15) is 5.11 Å². The topological polar surface area (TPSA) is 23.5 Å². The first-order valence-electron chi connectivity index (χ1n) is 5.60. The van der Waals surface area contributed by atoms with Crippen molar-refractivity contribution in [1.29, 1.82) is 0 Å². The van der Waals surface area contributed by atoms with Crippen LogP contribution in [0.25, 0.3) is 0 Å². The van der Waals surface area contributed by atoms with Gasteiger partial charge in [0.2, 0.25) is 0 Å². The number of nitrogens with zero attached hydrogens (tertiary/aromatic N) is 1. The first-order chi connectivity index (χ1) is 7.04. The summed E-state index contributed by atoms with van der Waals surface area (Å²) >= 11 is 6.93. The van der Waals surface area contributed by atoms with Crippen LogP contribution in [0.5, 0.6) is 0 Å². The van der Waals surface area contributed by atoms with E-state index < -0.39 is 0 Å². The Labute approximate surface area is 102 Å². The van der Waals surface area contributed by atoms with E-state index in [4.69, 9.17) is 12.2 Å². The smallest absolute Gasteiger partial charge is 0.136 e. The Morgan fingerprint density at radius 3 is 2.67 bits per heavy atom. The summed E-state index contributed by atoms with van der Waals surface area (Å²) in [5, 5.41) is 10.2. The lowest BCUT2D eigenvalue weighted by atomic mass is 9.85. The molecule has 1 N–H and O–H groups in total. The molecular weight excluding hydrogens is 226 g/mol. The molecule has 1 aliphatic rings. The molecule has 0 aromatic carbocycles. The number of thioether (sulfide) groups is 1. The fourth-order valence-electron chi connectivity index (χ4n) is 1.93. The van der Waals surface area contributed by atoms with Crippen LogP contribution in [0.15, 0.2) is 0 Å². The first-order valence-corrected chi connectivity index (χ1v) is 6.89. The number of aliphatic hydroxyl groups is 1. The van der Waals surface area contributed by atoms with Gasteiger partial charge in [0.25, 0.3) is 0 Å². The standard InChI is InChI=1S/C11H21NOS2/c1-4-8-5-6-9(13)10(7-8)15-11(14)12(2)3/h8-10,13H,4-7H2,1-3H3/t8-,9-,10-/m0/s1. The summed E-state index contributed by atoms with van der Waals surface area (Å²) in [5.74, 6) is 0.774. The third kappa shape index (κ3) is 3.93. The summed E-state index contributed by atoms with van der Waals surface area (Å²) in [7, 11) is 3.92. The number of thiocarbonyl (C=S) groups is 1. The van der Waals surface area contributed by atoms with Gasteiger partial charge in [-0.1, -0.05) is 37.3 Å². The summed E-state index contributed by atoms with van der Waals surface area (Å²) < 4.78 is 0.885. The average Bonchev–Trinajstić information content (AvgIpc) is 2.21. The van der Waals surface area contributed by atoms with Crippen LogP contribution in [0.2, 0.25) is 0 Å². The van der Waals surface area contributed by atoms with Crippen molar-refractivity contribution in [2.24, 2.45) is 5.92 Å². The minimum Gasteiger partial charge on any atom is -0.392 e. The van der Waals surface area contributed by atoms with Crippen molar-refractivity contribution in [1.82, 2.24) is 4.90 Å². The number of aliphatic hydroxyl groups excluding tert-OH is 1. The van der Waals surface area contributed by atoms with Crippen molar-refractivity contribution in [3.05, 3.63) is 0 Å². The fraction of sp³-hybridized carbons (Fsp3) is 0.909. The summed E-state index contributed by atoms with van der Waals surface area (Å²) in [6.45, 7) is 2.23. The Morgan fingerprint density at radius 1 is 1.47 bits per heavy atom. The van der Waals surface area contributed by atoms with E-state index >= 15 is 0 Å². The second-order valence-corrected chi connectivity index (χ2v) is 6.34. The SMILES string of the molecule is CC[C@H]1CC[C@H](O)[C@@H](SC(=S)N(C)C)C1. The van der Waals surface area contributed by atoms with Gasteiger partial charge >= 0.3 is 0 Å². The molecule has 1 rings (SSSR count). The van der Waals surface area contributed by atoms with E-state index in [2.05, 4.69) is 6.92 Å². The molecule has 0 aliphatic heterocycles. The van der Waals surface area contributed by atoms with Gasteiger partial charge in [0.1, 0.15) is 4.32 Å². The number of rotatable bonds is 2. The Hall–Kier alpha value is 0.200. The monoisotopic (exact) mass is 247 g/mol. The molecule has 0 saturated heterocycles. The molecule has 0 radical (unpaired) electrons. The van der Waals surface area contributed by atoms with Crippen molar-refractivity contribution in [3.8, 4) is 0 Å². The zero-order chi connectivity index (χ0) is 11.4. The summed E-state index contributed by atoms with van der Waals surface area (Å²) in [6, 6.07) is 0. The molecule has 15 heavy (non-hydrogen) atoms. The third-order valence-electron chi connectivity index (χ3n) is 3.06. The van der Waals surface area contributed by atoms with Crippen molar-refractivity contribution < 1.29 is 5.11 Å². The van der Waals surface area contributed by atoms with E-state index in [0.29, 0.717) is 5.25 Å². The van der Waals surface area contributed by atoms with Crippen LogP contribution in [-0.2, 0) is 0 Å². The Balaban J connectivity index is 2.47. The van der Waals surface area contributed by atoms with Crippen LogP contribution >= 0.6 is 24.0 Å². The molecule has 0 bridgehead atoms. The van der Waals surface area contributed by atoms with Crippen LogP contribution in [0.4, 0.5) is 0 Å². The molecule has 3 atom stereocenters. The lowest BCUT2D eigenvalue weighted by Gasteiger charge is -2.33. The molecule has 0 aromatic rings. The Kier molecular flexibility index (Phi) is 5.36. The second kappa shape index (κ2) is 6.06. The number of hydrogen-bond donors (Lipinski definition) is 1. The lowest BCUT2D eigenvalue weighted by molar-refractivity contribution is 0.115. The van der Waals surface area contributed by atoms with Gasteiger partial charge in [-0.05, 0) is 25.2 Å².